The molecule has 1 fully saturated rings. The van der Waals surface area contributed by atoms with Crippen LogP contribution in [0.15, 0.2) is 24.3 Å². The van der Waals surface area contributed by atoms with Crippen molar-refractivity contribution < 1.29 is 9.47 Å². The Morgan fingerprint density at radius 1 is 1.47 bits per heavy atom. The predicted molar refractivity (Wildman–Crippen MR) is 77.4 cm³/mol. The summed E-state index contributed by atoms with van der Waals surface area (Å²) >= 11 is 2.32. The number of methoxy groups -OCH3 is 1. The van der Waals surface area contributed by atoms with Gasteiger partial charge in [0.25, 0.3) is 0 Å². The Bertz CT molecular complexity index is 372. The molecule has 0 radical (unpaired) electrons. The fraction of sp³-hybridized carbons (Fsp3) is 0.538. The first-order chi connectivity index (χ1) is 8.24. The van der Waals surface area contributed by atoms with Gasteiger partial charge in [0, 0.05) is 23.0 Å². The number of benzene rings is 1. The lowest BCUT2D eigenvalue weighted by molar-refractivity contribution is -0.118. The van der Waals surface area contributed by atoms with Crippen molar-refractivity contribution in [3.05, 3.63) is 27.8 Å². The summed E-state index contributed by atoms with van der Waals surface area (Å²) < 4.78 is 12.3. The van der Waals surface area contributed by atoms with Crippen LogP contribution < -0.4 is 5.32 Å². The maximum Gasteiger partial charge on any atom is 0.103 e. The van der Waals surface area contributed by atoms with Crippen LogP contribution in [0.25, 0.3) is 0 Å². The molecular formula is C13H18INO2. The van der Waals surface area contributed by atoms with E-state index in [2.05, 4.69) is 52.2 Å². The van der Waals surface area contributed by atoms with Gasteiger partial charge in [0.1, 0.15) is 6.10 Å². The molecule has 3 atom stereocenters. The third kappa shape index (κ3) is 3.11. The molecule has 4 heteroatoms. The summed E-state index contributed by atoms with van der Waals surface area (Å²) in [6.07, 6.45) is 1.41. The molecule has 3 unspecified atom stereocenters. The molecule has 1 saturated carbocycles. The third-order valence-electron chi connectivity index (χ3n) is 3.08. The number of nitrogens with one attached hydrogen (secondary N) is 1. The van der Waals surface area contributed by atoms with Crippen molar-refractivity contribution in [3.8, 4) is 0 Å². The number of anilines is 1. The molecule has 2 rings (SSSR count). The quantitative estimate of drug-likeness (QED) is 0.831. The highest BCUT2D eigenvalue weighted by Gasteiger charge is 2.42. The highest BCUT2D eigenvalue weighted by atomic mass is 127. The zero-order chi connectivity index (χ0) is 12.3. The van der Waals surface area contributed by atoms with Gasteiger partial charge in [0.2, 0.25) is 0 Å². The van der Waals surface area contributed by atoms with E-state index in [0.717, 1.165) is 18.7 Å². The van der Waals surface area contributed by atoms with Gasteiger partial charge in [-0.2, -0.15) is 0 Å². The SMILES string of the molecule is CCOC1CC(Nc2cccc(I)c2)C1OC. The summed E-state index contributed by atoms with van der Waals surface area (Å²) in [5.41, 5.74) is 1.15. The monoisotopic (exact) mass is 347 g/mol. The first-order valence-electron chi connectivity index (χ1n) is 5.91. The molecule has 0 saturated heterocycles. The maximum atomic E-state index is 5.61. The first kappa shape index (κ1) is 13.1. The minimum atomic E-state index is 0.160. The summed E-state index contributed by atoms with van der Waals surface area (Å²) in [6.45, 7) is 2.77. The Morgan fingerprint density at radius 3 is 2.94 bits per heavy atom. The number of rotatable bonds is 5. The Hall–Kier alpha value is -0.330. The normalized spacial score (nSPS) is 27.6. The summed E-state index contributed by atoms with van der Waals surface area (Å²) in [4.78, 5) is 0. The maximum absolute atomic E-state index is 5.61. The van der Waals surface area contributed by atoms with Crippen molar-refractivity contribution in [1.82, 2.24) is 0 Å². The minimum absolute atomic E-state index is 0.160. The lowest BCUT2D eigenvalue weighted by Gasteiger charge is -2.43. The lowest BCUT2D eigenvalue weighted by Crippen LogP contribution is -2.56. The van der Waals surface area contributed by atoms with Crippen molar-refractivity contribution in [2.45, 2.75) is 31.6 Å². The second kappa shape index (κ2) is 6.02. The molecule has 1 aliphatic rings. The number of halogens is 1. The van der Waals surface area contributed by atoms with Crippen molar-refractivity contribution in [2.24, 2.45) is 0 Å². The van der Waals surface area contributed by atoms with E-state index in [9.17, 15) is 0 Å². The molecular weight excluding hydrogens is 329 g/mol. The molecule has 0 aliphatic heterocycles. The van der Waals surface area contributed by atoms with Crippen LogP contribution in [0.1, 0.15) is 13.3 Å². The fourth-order valence-corrected chi connectivity index (χ4v) is 2.75. The average molecular weight is 347 g/mol. The van der Waals surface area contributed by atoms with Gasteiger partial charge in [0.15, 0.2) is 0 Å². The Labute approximate surface area is 116 Å². The van der Waals surface area contributed by atoms with Gasteiger partial charge in [-0.3, -0.25) is 0 Å². The number of ether oxygens (including phenoxy) is 2. The van der Waals surface area contributed by atoms with Crippen LogP contribution >= 0.6 is 22.6 Å². The summed E-state index contributed by atoms with van der Waals surface area (Å²) in [6, 6.07) is 8.73. The van der Waals surface area contributed by atoms with E-state index in [1.807, 2.05) is 6.92 Å². The highest BCUT2D eigenvalue weighted by molar-refractivity contribution is 14.1. The van der Waals surface area contributed by atoms with E-state index in [-0.39, 0.29) is 12.2 Å². The molecule has 3 nitrogen and oxygen atoms in total. The van der Waals surface area contributed by atoms with E-state index in [0.29, 0.717) is 6.04 Å². The molecule has 94 valence electrons. The van der Waals surface area contributed by atoms with Crippen LogP contribution in [0.5, 0.6) is 0 Å². The van der Waals surface area contributed by atoms with Gasteiger partial charge in [-0.15, -0.1) is 0 Å². The van der Waals surface area contributed by atoms with E-state index in [1.54, 1.807) is 7.11 Å². The second-order valence-electron chi connectivity index (χ2n) is 4.19. The van der Waals surface area contributed by atoms with Crippen LogP contribution in [-0.2, 0) is 9.47 Å². The topological polar surface area (TPSA) is 30.5 Å². The minimum Gasteiger partial charge on any atom is -0.379 e. The van der Waals surface area contributed by atoms with E-state index < -0.39 is 0 Å². The van der Waals surface area contributed by atoms with Gasteiger partial charge in [-0.05, 0) is 54.1 Å². The van der Waals surface area contributed by atoms with Gasteiger partial charge >= 0.3 is 0 Å². The van der Waals surface area contributed by atoms with Crippen molar-refractivity contribution >= 4 is 28.3 Å². The zero-order valence-electron chi connectivity index (χ0n) is 10.2. The van der Waals surface area contributed by atoms with Crippen LogP contribution in [0.4, 0.5) is 5.69 Å². The molecule has 0 aromatic heterocycles. The molecule has 1 aromatic rings. The standard InChI is InChI=1S/C13H18INO2/c1-3-17-12-8-11(13(12)16-2)15-10-6-4-5-9(14)7-10/h4-7,11-13,15H,3,8H2,1-2H3. The highest BCUT2D eigenvalue weighted by Crippen LogP contribution is 2.30. The Morgan fingerprint density at radius 2 is 2.29 bits per heavy atom. The smallest absolute Gasteiger partial charge is 0.103 e. The van der Waals surface area contributed by atoms with Gasteiger partial charge in [0.05, 0.1) is 12.1 Å². The first-order valence-corrected chi connectivity index (χ1v) is 6.99. The van der Waals surface area contributed by atoms with Crippen molar-refractivity contribution in [2.75, 3.05) is 19.0 Å². The molecule has 0 bridgehead atoms. The van der Waals surface area contributed by atoms with Gasteiger partial charge in [-0.1, -0.05) is 6.07 Å². The molecule has 0 heterocycles. The molecule has 1 N–H and O–H groups in total. The number of hydrogen-bond donors (Lipinski definition) is 1. The van der Waals surface area contributed by atoms with Gasteiger partial charge < -0.3 is 14.8 Å². The second-order valence-corrected chi connectivity index (χ2v) is 5.44. The fourth-order valence-electron chi connectivity index (χ4n) is 2.21. The van der Waals surface area contributed by atoms with E-state index in [4.69, 9.17) is 9.47 Å². The van der Waals surface area contributed by atoms with E-state index >= 15 is 0 Å². The molecule has 1 aliphatic carbocycles. The van der Waals surface area contributed by atoms with E-state index in [1.165, 1.54) is 3.57 Å². The lowest BCUT2D eigenvalue weighted by atomic mass is 9.85. The number of hydrogen-bond acceptors (Lipinski definition) is 3. The van der Waals surface area contributed by atoms with Crippen LogP contribution in [0, 0.1) is 3.57 Å². The summed E-state index contributed by atoms with van der Waals surface area (Å²) in [5.74, 6) is 0. The van der Waals surface area contributed by atoms with Gasteiger partial charge in [-0.25, -0.2) is 0 Å². The molecule has 0 spiro atoms. The summed E-state index contributed by atoms with van der Waals surface area (Å²) in [5, 5.41) is 3.50. The van der Waals surface area contributed by atoms with Crippen LogP contribution in [-0.4, -0.2) is 32.0 Å². The average Bonchev–Trinajstić information content (AvgIpc) is 2.28. The molecule has 17 heavy (non-hydrogen) atoms. The zero-order valence-corrected chi connectivity index (χ0v) is 12.3. The third-order valence-corrected chi connectivity index (χ3v) is 3.75. The van der Waals surface area contributed by atoms with Crippen molar-refractivity contribution in [3.63, 3.8) is 0 Å². The Balaban J connectivity index is 1.92. The Kier molecular flexibility index (Phi) is 4.64. The predicted octanol–water partition coefficient (Wildman–Crippen LogP) is 2.90. The molecule has 1 aromatic carbocycles. The van der Waals surface area contributed by atoms with Crippen LogP contribution in [0.3, 0.4) is 0 Å². The largest absolute Gasteiger partial charge is 0.379 e. The molecule has 0 amide bonds. The van der Waals surface area contributed by atoms with Crippen molar-refractivity contribution in [1.29, 1.82) is 0 Å². The summed E-state index contributed by atoms with van der Waals surface area (Å²) in [7, 11) is 1.75. The van der Waals surface area contributed by atoms with Crippen LogP contribution in [0.2, 0.25) is 0 Å².